The van der Waals surface area contributed by atoms with Crippen LogP contribution in [-0.2, 0) is 9.53 Å². The van der Waals surface area contributed by atoms with Crippen molar-refractivity contribution in [1.82, 2.24) is 5.32 Å². The van der Waals surface area contributed by atoms with Gasteiger partial charge in [-0.1, -0.05) is 37.3 Å². The van der Waals surface area contributed by atoms with Crippen molar-refractivity contribution in [3.63, 3.8) is 0 Å². The molecular weight excluding hydrogens is 362 g/mol. The number of carbonyl (C=O) groups is 2. The third-order valence-electron chi connectivity index (χ3n) is 4.30. The lowest BCUT2D eigenvalue weighted by Gasteiger charge is -2.17. The Morgan fingerprint density at radius 3 is 2.43 bits per heavy atom. The smallest absolute Gasteiger partial charge is 0.339 e. The Hall–Kier alpha value is -3.42. The molecule has 8 nitrogen and oxygen atoms in total. The normalized spacial score (nSPS) is 12.5. The molecule has 0 aromatic heterocycles. The minimum absolute atomic E-state index is 0.00278. The minimum Gasteiger partial charge on any atom is -0.449 e. The number of nitro benzene ring substituents is 1. The molecule has 2 rings (SSSR count). The third kappa shape index (κ3) is 5.29. The highest BCUT2D eigenvalue weighted by molar-refractivity contribution is 5.93. The second kappa shape index (κ2) is 9.50. The number of anilines is 1. The van der Waals surface area contributed by atoms with Gasteiger partial charge in [0, 0.05) is 19.7 Å². The number of amides is 1. The van der Waals surface area contributed by atoms with Crippen molar-refractivity contribution in [3.05, 3.63) is 69.8 Å². The van der Waals surface area contributed by atoms with Gasteiger partial charge in [-0.3, -0.25) is 14.9 Å². The molecule has 0 spiro atoms. The Morgan fingerprint density at radius 2 is 1.82 bits per heavy atom. The number of carbonyl (C=O) groups excluding carboxylic acids is 2. The molecule has 1 amide bonds. The van der Waals surface area contributed by atoms with E-state index in [1.807, 2.05) is 37.3 Å². The first-order valence-electron chi connectivity index (χ1n) is 8.83. The average Bonchev–Trinajstić information content (AvgIpc) is 2.71. The molecule has 0 radical (unpaired) electrons. The van der Waals surface area contributed by atoms with Gasteiger partial charge in [0.15, 0.2) is 6.10 Å². The van der Waals surface area contributed by atoms with E-state index >= 15 is 0 Å². The van der Waals surface area contributed by atoms with Gasteiger partial charge in [-0.25, -0.2) is 4.79 Å². The predicted octanol–water partition coefficient (Wildman–Crippen LogP) is 3.10. The van der Waals surface area contributed by atoms with Crippen LogP contribution in [0.4, 0.5) is 11.4 Å². The van der Waals surface area contributed by atoms with Gasteiger partial charge in [0.2, 0.25) is 0 Å². The van der Waals surface area contributed by atoms with Crippen LogP contribution in [0.15, 0.2) is 48.5 Å². The van der Waals surface area contributed by atoms with Gasteiger partial charge in [0.05, 0.1) is 10.5 Å². The van der Waals surface area contributed by atoms with Gasteiger partial charge < -0.3 is 15.4 Å². The number of nitrogens with zero attached hydrogens (tertiary/aromatic N) is 1. The Bertz CT molecular complexity index is 854. The van der Waals surface area contributed by atoms with E-state index < -0.39 is 22.9 Å². The van der Waals surface area contributed by atoms with Crippen LogP contribution in [-0.4, -0.2) is 36.5 Å². The lowest BCUT2D eigenvalue weighted by Crippen LogP contribution is -2.37. The molecule has 0 saturated heterocycles. The van der Waals surface area contributed by atoms with Crippen LogP contribution in [0.3, 0.4) is 0 Å². The van der Waals surface area contributed by atoms with E-state index in [1.54, 1.807) is 7.05 Å². The zero-order valence-corrected chi connectivity index (χ0v) is 16.0. The predicted molar refractivity (Wildman–Crippen MR) is 105 cm³/mol. The SMILES string of the molecule is CNc1ccc(C(=O)O[C@@H](C)C(=O)NC[C@H](C)c2ccccc2)cc1[N+](=O)[O-]. The zero-order valence-electron chi connectivity index (χ0n) is 16.0. The van der Waals surface area contributed by atoms with Gasteiger partial charge in [-0.2, -0.15) is 0 Å². The molecule has 0 unspecified atom stereocenters. The van der Waals surface area contributed by atoms with Gasteiger partial charge in [-0.05, 0) is 30.5 Å². The number of hydrogen-bond acceptors (Lipinski definition) is 6. The maximum Gasteiger partial charge on any atom is 0.339 e. The molecule has 0 aliphatic rings. The van der Waals surface area contributed by atoms with Gasteiger partial charge >= 0.3 is 5.97 Å². The highest BCUT2D eigenvalue weighted by Crippen LogP contribution is 2.25. The molecule has 2 aromatic rings. The van der Waals surface area contributed by atoms with Crippen LogP contribution in [0.25, 0.3) is 0 Å². The first-order chi connectivity index (χ1) is 13.3. The summed E-state index contributed by atoms with van der Waals surface area (Å²) >= 11 is 0. The largest absolute Gasteiger partial charge is 0.449 e. The van der Waals surface area contributed by atoms with Crippen molar-refractivity contribution < 1.29 is 19.2 Å². The minimum atomic E-state index is -1.03. The van der Waals surface area contributed by atoms with E-state index in [0.29, 0.717) is 6.54 Å². The summed E-state index contributed by atoms with van der Waals surface area (Å²) in [4.78, 5) is 35.0. The maximum atomic E-state index is 12.2. The van der Waals surface area contributed by atoms with Crippen LogP contribution in [0.2, 0.25) is 0 Å². The van der Waals surface area contributed by atoms with Gasteiger partial charge in [0.25, 0.3) is 11.6 Å². The van der Waals surface area contributed by atoms with Crippen LogP contribution in [0.5, 0.6) is 0 Å². The van der Waals surface area contributed by atoms with E-state index in [0.717, 1.165) is 11.6 Å². The van der Waals surface area contributed by atoms with Gasteiger partial charge in [0.1, 0.15) is 5.69 Å². The molecule has 2 aromatic carbocycles. The lowest BCUT2D eigenvalue weighted by atomic mass is 10.0. The van der Waals surface area contributed by atoms with Crippen molar-refractivity contribution in [1.29, 1.82) is 0 Å². The summed E-state index contributed by atoms with van der Waals surface area (Å²) in [5, 5.41) is 16.5. The van der Waals surface area contributed by atoms with E-state index in [1.165, 1.54) is 19.1 Å². The number of hydrogen-bond donors (Lipinski definition) is 2. The number of esters is 1. The van der Waals surface area contributed by atoms with Crippen molar-refractivity contribution in [3.8, 4) is 0 Å². The zero-order chi connectivity index (χ0) is 20.7. The highest BCUT2D eigenvalue weighted by atomic mass is 16.6. The molecule has 2 N–H and O–H groups in total. The van der Waals surface area contributed by atoms with Crippen LogP contribution >= 0.6 is 0 Å². The molecule has 8 heteroatoms. The summed E-state index contributed by atoms with van der Waals surface area (Å²) in [7, 11) is 1.54. The van der Waals surface area contributed by atoms with E-state index in [2.05, 4.69) is 10.6 Å². The van der Waals surface area contributed by atoms with Crippen LogP contribution in [0.1, 0.15) is 35.7 Å². The molecular formula is C20H23N3O5. The van der Waals surface area contributed by atoms with Crippen molar-refractivity contribution in [2.24, 2.45) is 0 Å². The van der Waals surface area contributed by atoms with Crippen LogP contribution in [0, 0.1) is 10.1 Å². The quantitative estimate of drug-likeness (QED) is 0.410. The van der Waals surface area contributed by atoms with E-state index in [-0.39, 0.29) is 22.9 Å². The fourth-order valence-corrected chi connectivity index (χ4v) is 2.60. The molecule has 148 valence electrons. The third-order valence-corrected chi connectivity index (χ3v) is 4.30. The molecule has 0 bridgehead atoms. The molecule has 0 heterocycles. The Morgan fingerprint density at radius 1 is 1.14 bits per heavy atom. The molecule has 28 heavy (non-hydrogen) atoms. The fourth-order valence-electron chi connectivity index (χ4n) is 2.60. The van der Waals surface area contributed by atoms with Crippen molar-refractivity contribution in [2.75, 3.05) is 18.9 Å². The molecule has 0 aliphatic carbocycles. The van der Waals surface area contributed by atoms with E-state index in [9.17, 15) is 19.7 Å². The maximum absolute atomic E-state index is 12.2. The van der Waals surface area contributed by atoms with Gasteiger partial charge in [-0.15, -0.1) is 0 Å². The molecule has 2 atom stereocenters. The topological polar surface area (TPSA) is 111 Å². The van der Waals surface area contributed by atoms with Crippen molar-refractivity contribution >= 4 is 23.3 Å². The first-order valence-corrected chi connectivity index (χ1v) is 8.83. The number of ether oxygens (including phenoxy) is 1. The first kappa shape index (κ1) is 20.9. The standard InChI is InChI=1S/C20H23N3O5/c1-13(15-7-5-4-6-8-15)12-22-19(24)14(2)28-20(25)16-9-10-17(21-3)18(11-16)23(26)27/h4-11,13-14,21H,12H2,1-3H3,(H,22,24)/t13-,14-/m0/s1. The lowest BCUT2D eigenvalue weighted by molar-refractivity contribution is -0.384. The summed E-state index contributed by atoms with van der Waals surface area (Å²) in [6.07, 6.45) is -1.03. The monoisotopic (exact) mass is 385 g/mol. The fraction of sp³-hybridized carbons (Fsp3) is 0.300. The Kier molecular flexibility index (Phi) is 7.08. The summed E-state index contributed by atoms with van der Waals surface area (Å²) in [6.45, 7) is 3.83. The number of nitro groups is 1. The summed E-state index contributed by atoms with van der Waals surface area (Å²) in [5.74, 6) is -1.13. The Balaban J connectivity index is 1.95. The average molecular weight is 385 g/mol. The number of rotatable bonds is 8. The number of nitrogens with one attached hydrogen (secondary N) is 2. The Labute approximate surface area is 163 Å². The molecule has 0 saturated carbocycles. The summed E-state index contributed by atoms with van der Waals surface area (Å²) < 4.78 is 5.15. The summed E-state index contributed by atoms with van der Waals surface area (Å²) in [5.41, 5.74) is 1.13. The van der Waals surface area contributed by atoms with Crippen LogP contribution < -0.4 is 10.6 Å². The van der Waals surface area contributed by atoms with Crippen molar-refractivity contribution in [2.45, 2.75) is 25.9 Å². The second-order valence-corrected chi connectivity index (χ2v) is 6.34. The summed E-state index contributed by atoms with van der Waals surface area (Å²) in [6, 6.07) is 13.7. The van der Waals surface area contributed by atoms with E-state index in [4.69, 9.17) is 4.74 Å². The molecule has 0 aliphatic heterocycles. The number of benzene rings is 2. The molecule has 0 fully saturated rings. The highest BCUT2D eigenvalue weighted by Gasteiger charge is 2.22. The second-order valence-electron chi connectivity index (χ2n) is 6.34.